The molecule has 0 aliphatic rings. The van der Waals surface area contributed by atoms with Gasteiger partial charge in [-0.25, -0.2) is 0 Å². The first-order chi connectivity index (χ1) is 9.92. The molecule has 4 nitrogen and oxygen atoms in total. The molecule has 1 aromatic heterocycles. The molecule has 0 saturated carbocycles. The zero-order valence-electron chi connectivity index (χ0n) is 13.6. The van der Waals surface area contributed by atoms with Gasteiger partial charge in [-0.3, -0.25) is 16.3 Å². The number of aryl methyl sites for hydroxylation is 1. The molecule has 2 atom stereocenters. The third-order valence-corrected chi connectivity index (χ3v) is 4.71. The van der Waals surface area contributed by atoms with E-state index < -0.39 is 0 Å². The third-order valence-electron chi connectivity index (χ3n) is 4.71. The molecule has 0 radical (unpaired) electrons. The predicted octanol–water partition coefficient (Wildman–Crippen LogP) is 2.78. The van der Waals surface area contributed by atoms with E-state index in [4.69, 9.17) is 5.84 Å². The molecular weight excluding hydrogens is 260 g/mol. The van der Waals surface area contributed by atoms with Gasteiger partial charge in [0.15, 0.2) is 0 Å². The lowest BCUT2D eigenvalue weighted by atomic mass is 9.83. The fourth-order valence-corrected chi connectivity index (χ4v) is 2.84. The Bertz CT molecular complexity index is 623. The Labute approximate surface area is 127 Å². The Morgan fingerprint density at radius 1 is 1.29 bits per heavy atom. The molecule has 2 unspecified atom stereocenters. The predicted molar refractivity (Wildman–Crippen MR) is 88.9 cm³/mol. The highest BCUT2D eigenvalue weighted by molar-refractivity contribution is 5.79. The SMILES string of the molecule is CCC(C)(C(NN)c1ccc2nc(C)ccc2c1)N(C)C. The molecule has 2 rings (SSSR count). The number of hydrogen-bond acceptors (Lipinski definition) is 4. The second-order valence-electron chi connectivity index (χ2n) is 6.11. The van der Waals surface area contributed by atoms with Crippen LogP contribution in [0.2, 0.25) is 0 Å². The number of nitrogens with two attached hydrogens (primary N) is 1. The minimum absolute atomic E-state index is 0.0550. The summed E-state index contributed by atoms with van der Waals surface area (Å²) < 4.78 is 0. The molecule has 0 fully saturated rings. The number of aromatic nitrogens is 1. The quantitative estimate of drug-likeness (QED) is 0.655. The van der Waals surface area contributed by atoms with Gasteiger partial charge in [0, 0.05) is 16.6 Å². The molecule has 0 spiro atoms. The van der Waals surface area contributed by atoms with Crippen LogP contribution in [0.4, 0.5) is 0 Å². The van der Waals surface area contributed by atoms with Crippen LogP contribution in [0.15, 0.2) is 30.3 Å². The number of pyridine rings is 1. The average Bonchev–Trinajstić information content (AvgIpc) is 2.47. The summed E-state index contributed by atoms with van der Waals surface area (Å²) >= 11 is 0. The highest BCUT2D eigenvalue weighted by atomic mass is 15.3. The van der Waals surface area contributed by atoms with E-state index in [0.29, 0.717) is 0 Å². The van der Waals surface area contributed by atoms with Gasteiger partial charge in [-0.15, -0.1) is 0 Å². The fraction of sp³-hybridized carbons (Fsp3) is 0.471. The molecule has 4 heteroatoms. The van der Waals surface area contributed by atoms with Crippen LogP contribution in [0.5, 0.6) is 0 Å². The molecule has 0 saturated heterocycles. The maximum absolute atomic E-state index is 5.88. The topological polar surface area (TPSA) is 54.2 Å². The van der Waals surface area contributed by atoms with E-state index in [2.05, 4.69) is 67.5 Å². The molecular formula is C17H26N4. The van der Waals surface area contributed by atoms with Crippen LogP contribution in [0.3, 0.4) is 0 Å². The average molecular weight is 286 g/mol. The molecule has 3 N–H and O–H groups in total. The first kappa shape index (κ1) is 15.9. The lowest BCUT2D eigenvalue weighted by molar-refractivity contribution is 0.113. The maximum atomic E-state index is 5.88. The summed E-state index contributed by atoms with van der Waals surface area (Å²) in [6, 6.07) is 10.6. The van der Waals surface area contributed by atoms with Crippen molar-refractivity contribution in [2.75, 3.05) is 14.1 Å². The van der Waals surface area contributed by atoms with Crippen molar-refractivity contribution in [1.29, 1.82) is 0 Å². The first-order valence-electron chi connectivity index (χ1n) is 7.43. The van der Waals surface area contributed by atoms with E-state index in [1.165, 1.54) is 5.56 Å². The van der Waals surface area contributed by atoms with Crippen molar-refractivity contribution in [2.24, 2.45) is 5.84 Å². The Balaban J connectivity index is 2.49. The van der Waals surface area contributed by atoms with Crippen molar-refractivity contribution in [3.8, 4) is 0 Å². The first-order valence-corrected chi connectivity index (χ1v) is 7.43. The summed E-state index contributed by atoms with van der Waals surface area (Å²) in [5.74, 6) is 5.88. The summed E-state index contributed by atoms with van der Waals surface area (Å²) in [5.41, 5.74) is 6.20. The second-order valence-corrected chi connectivity index (χ2v) is 6.11. The van der Waals surface area contributed by atoms with E-state index in [1.54, 1.807) is 0 Å². The molecule has 0 aliphatic heterocycles. The molecule has 114 valence electrons. The minimum atomic E-state index is -0.0550. The molecule has 1 heterocycles. The summed E-state index contributed by atoms with van der Waals surface area (Å²) in [6.07, 6.45) is 0.999. The Morgan fingerprint density at radius 2 is 2.00 bits per heavy atom. The number of fused-ring (bicyclic) bond motifs is 1. The fourth-order valence-electron chi connectivity index (χ4n) is 2.84. The summed E-state index contributed by atoms with van der Waals surface area (Å²) in [7, 11) is 4.19. The van der Waals surface area contributed by atoms with Gasteiger partial charge in [0.25, 0.3) is 0 Å². The van der Waals surface area contributed by atoms with Crippen molar-refractivity contribution >= 4 is 10.9 Å². The summed E-state index contributed by atoms with van der Waals surface area (Å²) in [4.78, 5) is 6.79. The number of benzene rings is 1. The van der Waals surface area contributed by atoms with Crippen molar-refractivity contribution in [3.05, 3.63) is 41.6 Å². The highest BCUT2D eigenvalue weighted by Gasteiger charge is 2.35. The van der Waals surface area contributed by atoms with Gasteiger partial charge < -0.3 is 4.90 Å². The number of hydrogen-bond donors (Lipinski definition) is 2. The van der Waals surface area contributed by atoms with Crippen LogP contribution >= 0.6 is 0 Å². The van der Waals surface area contributed by atoms with Crippen molar-refractivity contribution in [3.63, 3.8) is 0 Å². The van der Waals surface area contributed by atoms with Gasteiger partial charge in [0.2, 0.25) is 0 Å². The number of likely N-dealkylation sites (N-methyl/N-ethyl adjacent to an activating group) is 1. The van der Waals surface area contributed by atoms with Crippen molar-refractivity contribution in [1.82, 2.24) is 15.3 Å². The molecule has 1 aromatic carbocycles. The van der Waals surface area contributed by atoms with E-state index in [-0.39, 0.29) is 11.6 Å². The van der Waals surface area contributed by atoms with Gasteiger partial charge in [0.1, 0.15) is 0 Å². The minimum Gasteiger partial charge on any atom is -0.302 e. The molecule has 0 amide bonds. The Kier molecular flexibility index (Phi) is 4.61. The maximum Gasteiger partial charge on any atom is 0.0705 e. The lowest BCUT2D eigenvalue weighted by Gasteiger charge is -2.42. The van der Waals surface area contributed by atoms with Gasteiger partial charge in [-0.2, -0.15) is 0 Å². The van der Waals surface area contributed by atoms with Crippen LogP contribution in [0.1, 0.15) is 37.6 Å². The van der Waals surface area contributed by atoms with Gasteiger partial charge in [-0.05, 0) is 58.1 Å². The standard InChI is InChI=1S/C17H26N4/c1-6-17(3,21(4)5)16(20-18)14-9-10-15-13(11-14)8-7-12(2)19-15/h7-11,16,20H,6,18H2,1-5H3. The smallest absolute Gasteiger partial charge is 0.0705 e. The third kappa shape index (κ3) is 2.93. The van der Waals surface area contributed by atoms with E-state index >= 15 is 0 Å². The molecule has 2 aromatic rings. The van der Waals surface area contributed by atoms with Crippen LogP contribution in [0, 0.1) is 6.92 Å². The monoisotopic (exact) mass is 286 g/mol. The zero-order chi connectivity index (χ0) is 15.6. The zero-order valence-corrected chi connectivity index (χ0v) is 13.6. The number of hydrazine groups is 1. The highest BCUT2D eigenvalue weighted by Crippen LogP contribution is 2.33. The van der Waals surface area contributed by atoms with Crippen LogP contribution < -0.4 is 11.3 Å². The number of nitrogens with one attached hydrogen (secondary N) is 1. The van der Waals surface area contributed by atoms with E-state index in [9.17, 15) is 0 Å². The van der Waals surface area contributed by atoms with Crippen LogP contribution in [0.25, 0.3) is 10.9 Å². The van der Waals surface area contributed by atoms with Crippen molar-refractivity contribution in [2.45, 2.75) is 38.8 Å². The van der Waals surface area contributed by atoms with E-state index in [1.807, 2.05) is 13.0 Å². The van der Waals surface area contributed by atoms with Crippen LogP contribution in [-0.4, -0.2) is 29.5 Å². The van der Waals surface area contributed by atoms with Crippen LogP contribution in [-0.2, 0) is 0 Å². The van der Waals surface area contributed by atoms with Crippen molar-refractivity contribution < 1.29 is 0 Å². The Hall–Kier alpha value is -1.49. The Morgan fingerprint density at radius 3 is 2.57 bits per heavy atom. The molecule has 0 bridgehead atoms. The van der Waals surface area contributed by atoms with Gasteiger partial charge in [0.05, 0.1) is 11.6 Å². The number of nitrogens with zero attached hydrogens (tertiary/aromatic N) is 2. The van der Waals surface area contributed by atoms with Gasteiger partial charge in [-0.1, -0.05) is 19.1 Å². The largest absolute Gasteiger partial charge is 0.302 e. The molecule has 21 heavy (non-hydrogen) atoms. The normalized spacial score (nSPS) is 16.1. The summed E-state index contributed by atoms with van der Waals surface area (Å²) in [6.45, 7) is 6.43. The second kappa shape index (κ2) is 6.10. The van der Waals surface area contributed by atoms with Gasteiger partial charge >= 0.3 is 0 Å². The molecule has 0 aliphatic carbocycles. The lowest BCUT2D eigenvalue weighted by Crippen LogP contribution is -2.52. The summed E-state index contributed by atoms with van der Waals surface area (Å²) in [5, 5.41) is 1.15. The van der Waals surface area contributed by atoms with E-state index in [0.717, 1.165) is 23.0 Å². The number of rotatable bonds is 5.